The van der Waals surface area contributed by atoms with E-state index in [2.05, 4.69) is 9.47 Å². The van der Waals surface area contributed by atoms with Crippen molar-refractivity contribution in [1.82, 2.24) is 0 Å². The van der Waals surface area contributed by atoms with Crippen molar-refractivity contribution in [2.75, 3.05) is 6.61 Å². The van der Waals surface area contributed by atoms with Crippen molar-refractivity contribution in [3.63, 3.8) is 0 Å². The van der Waals surface area contributed by atoms with Gasteiger partial charge in [0.25, 0.3) is 0 Å². The Labute approximate surface area is 105 Å². The number of ether oxygens (including phenoxy) is 2. The van der Waals surface area contributed by atoms with Gasteiger partial charge >= 0.3 is 18.1 Å². The quantitative estimate of drug-likeness (QED) is 0.397. The van der Waals surface area contributed by atoms with Crippen LogP contribution in [0.4, 0.5) is 4.79 Å². The van der Waals surface area contributed by atoms with Gasteiger partial charge in [-0.2, -0.15) is 0 Å². The van der Waals surface area contributed by atoms with Crippen molar-refractivity contribution >= 4 is 18.1 Å². The second-order valence-corrected chi connectivity index (χ2v) is 3.95. The molecule has 0 aliphatic heterocycles. The SMILES string of the molecule is CCCCOC(=O)OC(=O)C(C)C[C@H](N)C(=O)O. The van der Waals surface area contributed by atoms with Gasteiger partial charge in [-0.25, -0.2) is 4.79 Å². The maximum atomic E-state index is 11.4. The largest absolute Gasteiger partial charge is 0.516 e. The van der Waals surface area contributed by atoms with Crippen LogP contribution in [0.1, 0.15) is 33.1 Å². The van der Waals surface area contributed by atoms with Crippen LogP contribution in [0.15, 0.2) is 0 Å². The second kappa shape index (κ2) is 8.46. The molecule has 18 heavy (non-hydrogen) atoms. The van der Waals surface area contributed by atoms with Crippen LogP contribution in [0, 0.1) is 5.92 Å². The zero-order valence-corrected chi connectivity index (χ0v) is 10.5. The molecule has 1 unspecified atom stereocenters. The monoisotopic (exact) mass is 261 g/mol. The van der Waals surface area contributed by atoms with Crippen molar-refractivity contribution in [2.24, 2.45) is 11.7 Å². The molecule has 0 aliphatic carbocycles. The Morgan fingerprint density at radius 1 is 1.33 bits per heavy atom. The van der Waals surface area contributed by atoms with Crippen LogP contribution < -0.4 is 5.73 Å². The number of hydrogen-bond acceptors (Lipinski definition) is 6. The minimum atomic E-state index is -1.21. The molecule has 0 aromatic rings. The number of carboxylic acid groups (broad SMARTS) is 1. The standard InChI is InChI=1S/C11H19NO6/c1-3-4-5-17-11(16)18-10(15)7(2)6-8(12)9(13)14/h7-8H,3-6,12H2,1-2H3,(H,13,14)/t7?,8-/m0/s1. The molecule has 0 rings (SSSR count). The molecule has 0 heterocycles. The fourth-order valence-electron chi connectivity index (χ4n) is 1.09. The van der Waals surface area contributed by atoms with Crippen LogP contribution in [-0.2, 0) is 19.1 Å². The van der Waals surface area contributed by atoms with Gasteiger partial charge in [-0.1, -0.05) is 20.3 Å². The van der Waals surface area contributed by atoms with E-state index in [0.717, 1.165) is 6.42 Å². The summed E-state index contributed by atoms with van der Waals surface area (Å²) in [6.07, 6.45) is 0.369. The Morgan fingerprint density at radius 2 is 1.94 bits per heavy atom. The van der Waals surface area contributed by atoms with Gasteiger partial charge in [0.05, 0.1) is 12.5 Å². The van der Waals surface area contributed by atoms with Crippen LogP contribution in [0.5, 0.6) is 0 Å². The number of hydrogen-bond donors (Lipinski definition) is 2. The van der Waals surface area contributed by atoms with Crippen LogP contribution in [0.3, 0.4) is 0 Å². The third-order valence-corrected chi connectivity index (χ3v) is 2.23. The highest BCUT2D eigenvalue weighted by atomic mass is 16.7. The lowest BCUT2D eigenvalue weighted by molar-refractivity contribution is -0.145. The molecule has 2 atom stereocenters. The molecule has 0 aromatic carbocycles. The Balaban J connectivity index is 4.00. The van der Waals surface area contributed by atoms with E-state index in [-0.39, 0.29) is 13.0 Å². The molecule has 0 spiro atoms. The van der Waals surface area contributed by atoms with E-state index < -0.39 is 30.1 Å². The normalized spacial score (nSPS) is 13.5. The highest BCUT2D eigenvalue weighted by Crippen LogP contribution is 2.08. The minimum absolute atomic E-state index is 0.101. The van der Waals surface area contributed by atoms with Crippen LogP contribution >= 0.6 is 0 Å². The predicted octanol–water partition coefficient (Wildman–Crippen LogP) is 0.904. The van der Waals surface area contributed by atoms with Gasteiger partial charge in [0.15, 0.2) is 0 Å². The molecule has 7 heteroatoms. The Hall–Kier alpha value is -1.63. The molecule has 0 fully saturated rings. The summed E-state index contributed by atoms with van der Waals surface area (Å²) in [5.74, 6) is -2.83. The molecule has 104 valence electrons. The number of carboxylic acids is 1. The molecule has 0 aromatic heterocycles. The topological polar surface area (TPSA) is 116 Å². The summed E-state index contributed by atoms with van der Waals surface area (Å²) in [6.45, 7) is 3.55. The predicted molar refractivity (Wildman–Crippen MR) is 61.7 cm³/mol. The van der Waals surface area contributed by atoms with Crippen molar-refractivity contribution in [3.8, 4) is 0 Å². The van der Waals surface area contributed by atoms with Crippen LogP contribution in [-0.4, -0.2) is 35.8 Å². The first-order valence-corrected chi connectivity index (χ1v) is 5.75. The molecule has 0 amide bonds. The number of nitrogens with two attached hydrogens (primary N) is 1. The van der Waals surface area contributed by atoms with Crippen LogP contribution in [0.2, 0.25) is 0 Å². The maximum absolute atomic E-state index is 11.4. The number of aliphatic carboxylic acids is 1. The molecule has 3 N–H and O–H groups in total. The average molecular weight is 261 g/mol. The van der Waals surface area contributed by atoms with Crippen LogP contribution in [0.25, 0.3) is 0 Å². The van der Waals surface area contributed by atoms with Gasteiger partial charge in [0.2, 0.25) is 0 Å². The molecule has 0 bridgehead atoms. The third kappa shape index (κ3) is 6.85. The van der Waals surface area contributed by atoms with E-state index in [1.165, 1.54) is 6.92 Å². The summed E-state index contributed by atoms with van der Waals surface area (Å²) in [5.41, 5.74) is 5.26. The summed E-state index contributed by atoms with van der Waals surface area (Å²) < 4.78 is 9.02. The van der Waals surface area contributed by atoms with E-state index in [1.807, 2.05) is 6.92 Å². The molecular weight excluding hydrogens is 242 g/mol. The van der Waals surface area contributed by atoms with E-state index in [4.69, 9.17) is 10.8 Å². The maximum Gasteiger partial charge on any atom is 0.516 e. The van der Waals surface area contributed by atoms with Crippen molar-refractivity contribution in [2.45, 2.75) is 39.2 Å². The first kappa shape index (κ1) is 16.4. The molecule has 7 nitrogen and oxygen atoms in total. The first-order valence-electron chi connectivity index (χ1n) is 5.75. The fourth-order valence-corrected chi connectivity index (χ4v) is 1.09. The fraction of sp³-hybridized carbons (Fsp3) is 0.727. The molecule has 0 saturated carbocycles. The Kier molecular flexibility index (Phi) is 7.69. The lowest BCUT2D eigenvalue weighted by Crippen LogP contribution is -2.34. The lowest BCUT2D eigenvalue weighted by atomic mass is 10.0. The van der Waals surface area contributed by atoms with E-state index in [1.54, 1.807) is 0 Å². The van der Waals surface area contributed by atoms with Gasteiger partial charge in [-0.3, -0.25) is 9.59 Å². The molecular formula is C11H19NO6. The highest BCUT2D eigenvalue weighted by Gasteiger charge is 2.24. The highest BCUT2D eigenvalue weighted by molar-refractivity contribution is 5.84. The van der Waals surface area contributed by atoms with E-state index >= 15 is 0 Å². The van der Waals surface area contributed by atoms with Crippen molar-refractivity contribution < 1.29 is 29.0 Å². The summed E-state index contributed by atoms with van der Waals surface area (Å²) in [4.78, 5) is 32.9. The summed E-state index contributed by atoms with van der Waals surface area (Å²) >= 11 is 0. The smallest absolute Gasteiger partial charge is 0.480 e. The van der Waals surface area contributed by atoms with E-state index in [0.29, 0.717) is 6.42 Å². The van der Waals surface area contributed by atoms with E-state index in [9.17, 15) is 14.4 Å². The average Bonchev–Trinajstić information content (AvgIpc) is 2.28. The summed E-state index contributed by atoms with van der Waals surface area (Å²) in [7, 11) is 0. The lowest BCUT2D eigenvalue weighted by Gasteiger charge is -2.12. The van der Waals surface area contributed by atoms with Gasteiger partial charge in [-0.15, -0.1) is 0 Å². The third-order valence-electron chi connectivity index (χ3n) is 2.23. The number of esters is 1. The van der Waals surface area contributed by atoms with Gasteiger partial charge in [0, 0.05) is 0 Å². The zero-order chi connectivity index (χ0) is 14.1. The Morgan fingerprint density at radius 3 is 2.44 bits per heavy atom. The van der Waals surface area contributed by atoms with Crippen molar-refractivity contribution in [1.29, 1.82) is 0 Å². The second-order valence-electron chi connectivity index (χ2n) is 3.95. The minimum Gasteiger partial charge on any atom is -0.480 e. The number of unbranched alkanes of at least 4 members (excludes halogenated alkanes) is 1. The van der Waals surface area contributed by atoms with Crippen molar-refractivity contribution in [3.05, 3.63) is 0 Å². The zero-order valence-electron chi connectivity index (χ0n) is 10.5. The van der Waals surface area contributed by atoms with Gasteiger partial charge in [-0.05, 0) is 12.8 Å². The molecule has 0 aliphatic rings. The molecule has 0 radical (unpaired) electrons. The molecule has 0 saturated heterocycles. The Bertz CT molecular complexity index is 304. The number of carbonyl (C=O) groups is 3. The van der Waals surface area contributed by atoms with Gasteiger partial charge in [0.1, 0.15) is 6.04 Å². The first-order chi connectivity index (χ1) is 8.38. The van der Waals surface area contributed by atoms with Gasteiger partial charge < -0.3 is 20.3 Å². The summed E-state index contributed by atoms with van der Waals surface area (Å²) in [5, 5.41) is 8.57. The summed E-state index contributed by atoms with van der Waals surface area (Å²) in [6, 6.07) is -1.16. The number of rotatable bonds is 7. The number of carbonyl (C=O) groups excluding carboxylic acids is 2.